The molecule has 0 saturated heterocycles. The van der Waals surface area contributed by atoms with Crippen molar-refractivity contribution < 1.29 is 23.1 Å². The summed E-state index contributed by atoms with van der Waals surface area (Å²) in [5.74, 6) is -1.15. The summed E-state index contributed by atoms with van der Waals surface area (Å²) in [6.45, 7) is -1.15. The number of pyridine rings is 1. The second-order valence-corrected chi connectivity index (χ2v) is 5.15. The molecule has 8 heteroatoms. The third-order valence-corrected chi connectivity index (χ3v) is 3.50. The lowest BCUT2D eigenvalue weighted by molar-refractivity contribution is -0.0507. The van der Waals surface area contributed by atoms with E-state index in [-0.39, 0.29) is 17.0 Å². The summed E-state index contributed by atoms with van der Waals surface area (Å²) < 4.78 is 29.6. The summed E-state index contributed by atoms with van der Waals surface area (Å²) in [6, 6.07) is 8.50. The maximum atomic E-state index is 12.5. The van der Waals surface area contributed by atoms with Crippen molar-refractivity contribution in [1.82, 2.24) is 10.3 Å². The predicted octanol–water partition coefficient (Wildman–Crippen LogP) is 2.66. The molecule has 2 rings (SSSR count). The van der Waals surface area contributed by atoms with Crippen molar-refractivity contribution in [3.8, 4) is 5.75 Å². The van der Waals surface area contributed by atoms with Crippen LogP contribution >= 0.6 is 0 Å². The van der Waals surface area contributed by atoms with Crippen LogP contribution in [0, 0.1) is 0 Å². The van der Waals surface area contributed by atoms with Crippen molar-refractivity contribution in [2.45, 2.75) is 26.0 Å². The van der Waals surface area contributed by atoms with Gasteiger partial charge < -0.3 is 15.8 Å². The number of nitrogens with zero attached hydrogens (tertiary/aromatic N) is 1. The van der Waals surface area contributed by atoms with Crippen LogP contribution < -0.4 is 15.8 Å². The minimum Gasteiger partial charge on any atom is -0.434 e. The summed E-state index contributed by atoms with van der Waals surface area (Å²) in [7, 11) is 0. The number of hydrogen-bond donors (Lipinski definition) is 2. The second kappa shape index (κ2) is 8.18. The van der Waals surface area contributed by atoms with Crippen LogP contribution in [-0.4, -0.2) is 23.4 Å². The third kappa shape index (κ3) is 4.72. The van der Waals surface area contributed by atoms with Crippen molar-refractivity contribution in [3.05, 3.63) is 59.4 Å². The molecule has 0 aliphatic carbocycles. The van der Waals surface area contributed by atoms with Gasteiger partial charge in [-0.15, -0.1) is 0 Å². The van der Waals surface area contributed by atoms with Crippen molar-refractivity contribution in [2.75, 3.05) is 0 Å². The zero-order chi connectivity index (χ0) is 18.4. The number of primary amides is 1. The van der Waals surface area contributed by atoms with E-state index >= 15 is 0 Å². The van der Waals surface area contributed by atoms with Crippen molar-refractivity contribution in [3.63, 3.8) is 0 Å². The zero-order valence-electron chi connectivity index (χ0n) is 13.4. The zero-order valence-corrected chi connectivity index (χ0v) is 13.4. The molecule has 0 radical (unpaired) electrons. The van der Waals surface area contributed by atoms with Gasteiger partial charge in [0.25, 0.3) is 11.8 Å². The largest absolute Gasteiger partial charge is 0.434 e. The lowest BCUT2D eigenvalue weighted by Gasteiger charge is -2.20. The van der Waals surface area contributed by atoms with Gasteiger partial charge in [0.1, 0.15) is 11.4 Å². The van der Waals surface area contributed by atoms with Crippen molar-refractivity contribution >= 4 is 11.8 Å². The number of aromatic nitrogens is 1. The molecule has 2 amide bonds. The quantitative estimate of drug-likeness (QED) is 0.803. The number of carbonyl (C=O) groups excluding carboxylic acids is 2. The Labute approximate surface area is 143 Å². The predicted molar refractivity (Wildman–Crippen MR) is 86.3 cm³/mol. The maximum Gasteiger partial charge on any atom is 0.387 e. The minimum atomic E-state index is -2.96. The molecule has 0 bridgehead atoms. The molecule has 0 aliphatic heterocycles. The maximum absolute atomic E-state index is 12.5. The van der Waals surface area contributed by atoms with Crippen LogP contribution in [0.2, 0.25) is 0 Å². The smallest absolute Gasteiger partial charge is 0.387 e. The summed E-state index contributed by atoms with van der Waals surface area (Å²) >= 11 is 0. The van der Waals surface area contributed by atoms with Crippen LogP contribution in [0.4, 0.5) is 8.78 Å². The van der Waals surface area contributed by atoms with Gasteiger partial charge >= 0.3 is 6.61 Å². The third-order valence-electron chi connectivity index (χ3n) is 3.50. The first-order valence-electron chi connectivity index (χ1n) is 7.52. The van der Waals surface area contributed by atoms with Gasteiger partial charge in [0.15, 0.2) is 0 Å². The first-order valence-corrected chi connectivity index (χ1v) is 7.52. The fraction of sp³-hybridized carbons (Fsp3) is 0.235. The number of nitrogens with two attached hydrogens (primary N) is 1. The summed E-state index contributed by atoms with van der Waals surface area (Å²) in [5, 5.41) is 2.74. The number of rotatable bonds is 7. The van der Waals surface area contributed by atoms with E-state index in [0.29, 0.717) is 12.0 Å². The SMILES string of the molecule is CC[C@@H](NC(=O)c1ccc(C(N)=O)nc1)c1ccccc1OC(F)F. The molecule has 25 heavy (non-hydrogen) atoms. The number of ether oxygens (including phenoxy) is 1. The molecule has 132 valence electrons. The number of para-hydroxylation sites is 1. The molecule has 6 nitrogen and oxygen atoms in total. The van der Waals surface area contributed by atoms with Crippen molar-refractivity contribution in [2.24, 2.45) is 5.73 Å². The molecule has 0 unspecified atom stereocenters. The Kier molecular flexibility index (Phi) is 5.99. The monoisotopic (exact) mass is 349 g/mol. The average Bonchev–Trinajstić information content (AvgIpc) is 2.59. The molecule has 0 spiro atoms. The van der Waals surface area contributed by atoms with Gasteiger partial charge in [-0.25, -0.2) is 0 Å². The van der Waals surface area contributed by atoms with Gasteiger partial charge in [0, 0.05) is 11.8 Å². The second-order valence-electron chi connectivity index (χ2n) is 5.15. The Morgan fingerprint density at radius 1 is 1.24 bits per heavy atom. The van der Waals surface area contributed by atoms with Crippen LogP contribution in [0.5, 0.6) is 5.75 Å². The molecule has 1 heterocycles. The molecule has 2 aromatic rings. The number of carbonyl (C=O) groups is 2. The molecule has 1 aromatic heterocycles. The summed E-state index contributed by atoms with van der Waals surface area (Å²) in [5.41, 5.74) is 5.80. The van der Waals surface area contributed by atoms with E-state index in [1.807, 2.05) is 0 Å². The van der Waals surface area contributed by atoms with E-state index in [9.17, 15) is 18.4 Å². The van der Waals surface area contributed by atoms with Gasteiger partial charge in [-0.05, 0) is 24.6 Å². The Hall–Kier alpha value is -3.03. The Morgan fingerprint density at radius 2 is 1.96 bits per heavy atom. The van der Waals surface area contributed by atoms with Crippen molar-refractivity contribution in [1.29, 1.82) is 0 Å². The van der Waals surface area contributed by atoms with E-state index in [1.165, 1.54) is 24.4 Å². The van der Waals surface area contributed by atoms with Gasteiger partial charge in [0.05, 0.1) is 11.6 Å². The fourth-order valence-corrected chi connectivity index (χ4v) is 2.29. The minimum absolute atomic E-state index is 0.00634. The number of hydrogen-bond acceptors (Lipinski definition) is 4. The standard InChI is InChI=1S/C17H17F2N3O3/c1-2-12(11-5-3-4-6-14(11)25-17(18)19)22-16(24)10-7-8-13(15(20)23)21-9-10/h3-9,12,17H,2H2,1H3,(H2,20,23)(H,22,24)/t12-/m1/s1. The Bertz CT molecular complexity index is 751. The van der Waals surface area contributed by atoms with E-state index in [1.54, 1.807) is 25.1 Å². The van der Waals surface area contributed by atoms with E-state index in [0.717, 1.165) is 0 Å². The Morgan fingerprint density at radius 3 is 2.52 bits per heavy atom. The lowest BCUT2D eigenvalue weighted by atomic mass is 10.0. The van der Waals surface area contributed by atoms with E-state index in [2.05, 4.69) is 15.0 Å². The van der Waals surface area contributed by atoms with E-state index in [4.69, 9.17) is 5.73 Å². The molecule has 0 saturated carbocycles. The summed E-state index contributed by atoms with van der Waals surface area (Å²) in [4.78, 5) is 27.1. The van der Waals surface area contributed by atoms with Crippen LogP contribution in [0.25, 0.3) is 0 Å². The van der Waals surface area contributed by atoms with E-state index < -0.39 is 24.5 Å². The molecular formula is C17H17F2N3O3. The first kappa shape index (κ1) is 18.3. The number of alkyl halides is 2. The number of amides is 2. The van der Waals surface area contributed by atoms with Crippen LogP contribution in [-0.2, 0) is 0 Å². The lowest BCUT2D eigenvalue weighted by Crippen LogP contribution is -2.29. The first-order chi connectivity index (χ1) is 11.9. The van der Waals surface area contributed by atoms with Gasteiger partial charge in [-0.3, -0.25) is 14.6 Å². The van der Waals surface area contributed by atoms with Crippen LogP contribution in [0.15, 0.2) is 42.6 Å². The molecule has 1 atom stereocenters. The Balaban J connectivity index is 2.19. The van der Waals surface area contributed by atoms with Gasteiger partial charge in [-0.1, -0.05) is 25.1 Å². The number of halogens is 2. The fourth-order valence-electron chi connectivity index (χ4n) is 2.29. The highest BCUT2D eigenvalue weighted by Gasteiger charge is 2.19. The number of benzene rings is 1. The molecule has 0 aliphatic rings. The van der Waals surface area contributed by atoms with Crippen LogP contribution in [0.3, 0.4) is 0 Å². The summed E-state index contributed by atoms with van der Waals surface area (Å²) in [6.07, 6.45) is 1.69. The average molecular weight is 349 g/mol. The van der Waals surface area contributed by atoms with Gasteiger partial charge in [0.2, 0.25) is 0 Å². The highest BCUT2D eigenvalue weighted by Crippen LogP contribution is 2.28. The number of nitrogens with one attached hydrogen (secondary N) is 1. The molecule has 3 N–H and O–H groups in total. The normalized spacial score (nSPS) is 11.8. The van der Waals surface area contributed by atoms with Crippen LogP contribution in [0.1, 0.15) is 45.8 Å². The topological polar surface area (TPSA) is 94.3 Å². The molecule has 0 fully saturated rings. The molecular weight excluding hydrogens is 332 g/mol. The highest BCUT2D eigenvalue weighted by atomic mass is 19.3. The van der Waals surface area contributed by atoms with Gasteiger partial charge in [-0.2, -0.15) is 8.78 Å². The molecule has 1 aromatic carbocycles. The highest BCUT2D eigenvalue weighted by molar-refractivity contribution is 5.96.